The van der Waals surface area contributed by atoms with Crippen LogP contribution in [0, 0.1) is 0 Å². The standard InChI is InChI=1S/C48H40P6/c1-9-25-41(26-10-1)49-50(42-27-11-2-12-28-42)54(47-37-21-7-22-38-47,48-39-23-8-24-40-48)52(44-31-15-4-16-32-44)51(43-29-13-3-14-30-43)53(49,45-33-17-5-18-34-45)46-35-19-6-20-36-46/h1-40H/q+2. The van der Waals surface area contributed by atoms with E-state index in [-0.39, 0.29) is 0 Å². The summed E-state index contributed by atoms with van der Waals surface area (Å²) >= 11 is 0. The van der Waals surface area contributed by atoms with E-state index in [0.717, 1.165) is 0 Å². The van der Waals surface area contributed by atoms with Crippen LogP contribution in [-0.4, -0.2) is 0 Å². The summed E-state index contributed by atoms with van der Waals surface area (Å²) in [5.74, 6) is 0. The minimum absolute atomic E-state index is 0.852. The van der Waals surface area contributed by atoms with Crippen LogP contribution >= 0.6 is 42.5 Å². The minimum Gasteiger partial charge on any atom is -0.0622 e. The highest BCUT2D eigenvalue weighted by Gasteiger charge is 2.80. The van der Waals surface area contributed by atoms with Crippen molar-refractivity contribution in [2.75, 3.05) is 0 Å². The third kappa shape index (κ3) is 6.19. The zero-order valence-electron chi connectivity index (χ0n) is 29.8. The summed E-state index contributed by atoms with van der Waals surface area (Å²) in [5.41, 5.74) is 0. The minimum atomic E-state index is -2.31. The van der Waals surface area contributed by atoms with Crippen molar-refractivity contribution in [2.24, 2.45) is 0 Å². The van der Waals surface area contributed by atoms with Gasteiger partial charge in [0.1, 0.15) is 34.5 Å². The first-order chi connectivity index (χ1) is 26.8. The summed E-state index contributed by atoms with van der Waals surface area (Å²) in [6.07, 6.45) is 0. The van der Waals surface area contributed by atoms with Crippen LogP contribution in [-0.2, 0) is 0 Å². The number of hydrogen-bond donors (Lipinski definition) is 0. The van der Waals surface area contributed by atoms with Crippen molar-refractivity contribution in [3.8, 4) is 0 Å². The lowest BCUT2D eigenvalue weighted by atomic mass is 10.4. The fourth-order valence-corrected chi connectivity index (χ4v) is 107. The molecule has 8 aromatic carbocycles. The number of benzene rings is 8. The molecule has 8 aromatic rings. The van der Waals surface area contributed by atoms with Gasteiger partial charge in [0.2, 0.25) is 0 Å². The predicted octanol–water partition coefficient (Wildman–Crippen LogP) is 12.1. The van der Waals surface area contributed by atoms with Crippen LogP contribution < -0.4 is 42.4 Å². The van der Waals surface area contributed by atoms with Crippen molar-refractivity contribution >= 4 is 84.9 Å². The summed E-state index contributed by atoms with van der Waals surface area (Å²) in [7, 11) is -3.41. The third-order valence-corrected chi connectivity index (χ3v) is 69.9. The van der Waals surface area contributed by atoms with Crippen LogP contribution in [0.2, 0.25) is 0 Å². The van der Waals surface area contributed by atoms with Crippen molar-refractivity contribution in [3.63, 3.8) is 0 Å². The second-order valence-corrected chi connectivity index (χ2v) is 44.4. The molecule has 260 valence electrons. The lowest BCUT2D eigenvalue weighted by Gasteiger charge is -2.53. The zero-order valence-corrected chi connectivity index (χ0v) is 35.1. The van der Waals surface area contributed by atoms with Crippen LogP contribution in [0.15, 0.2) is 243 Å². The van der Waals surface area contributed by atoms with E-state index < -0.39 is 42.5 Å². The summed E-state index contributed by atoms with van der Waals surface area (Å²) in [6, 6.07) is 94.9. The van der Waals surface area contributed by atoms with Gasteiger partial charge < -0.3 is 0 Å². The van der Waals surface area contributed by atoms with Crippen molar-refractivity contribution in [2.45, 2.75) is 0 Å². The molecule has 54 heavy (non-hydrogen) atoms. The average molecular weight is 803 g/mol. The summed E-state index contributed by atoms with van der Waals surface area (Å²) in [6.45, 7) is -4.62. The Morgan fingerprint density at radius 3 is 0.500 bits per heavy atom. The van der Waals surface area contributed by atoms with Gasteiger partial charge in [0.05, 0.1) is 0 Å². The van der Waals surface area contributed by atoms with Crippen LogP contribution in [0.1, 0.15) is 0 Å². The normalized spacial score (nSPS) is 20.1. The fourth-order valence-electron chi connectivity index (χ4n) is 7.72. The number of hydrogen-bond acceptors (Lipinski definition) is 0. The largest absolute Gasteiger partial charge is 0.171 e. The predicted molar refractivity (Wildman–Crippen MR) is 250 cm³/mol. The van der Waals surface area contributed by atoms with E-state index in [2.05, 4.69) is 243 Å². The van der Waals surface area contributed by atoms with E-state index >= 15 is 0 Å². The van der Waals surface area contributed by atoms with Crippen molar-refractivity contribution in [1.82, 2.24) is 0 Å². The van der Waals surface area contributed by atoms with E-state index in [1.807, 2.05) is 0 Å². The fraction of sp³-hybridized carbons (Fsp3) is 0. The molecule has 4 unspecified atom stereocenters. The quantitative estimate of drug-likeness (QED) is 0.134. The monoisotopic (exact) mass is 802 g/mol. The van der Waals surface area contributed by atoms with Crippen LogP contribution in [0.3, 0.4) is 0 Å². The first-order valence-electron chi connectivity index (χ1n) is 18.3. The van der Waals surface area contributed by atoms with E-state index in [0.29, 0.717) is 0 Å². The van der Waals surface area contributed by atoms with Gasteiger partial charge in [-0.05, 0) is 48.5 Å². The molecular weight excluding hydrogens is 762 g/mol. The molecule has 0 bridgehead atoms. The maximum absolute atomic E-state index is 2.52. The smallest absolute Gasteiger partial charge is 0.0622 e. The van der Waals surface area contributed by atoms with Crippen LogP contribution in [0.4, 0.5) is 0 Å². The highest BCUT2D eigenvalue weighted by atomic mass is 33.0. The van der Waals surface area contributed by atoms with Crippen LogP contribution in [0.25, 0.3) is 0 Å². The molecule has 4 atom stereocenters. The van der Waals surface area contributed by atoms with Gasteiger partial charge in [-0.2, -0.15) is 0 Å². The highest BCUT2D eigenvalue weighted by molar-refractivity contribution is 9.20. The first kappa shape index (κ1) is 36.0. The molecule has 1 saturated heterocycles. The molecule has 0 aliphatic carbocycles. The van der Waals surface area contributed by atoms with E-state index in [1.165, 1.54) is 21.2 Å². The van der Waals surface area contributed by atoms with Gasteiger partial charge in [0.15, 0.2) is 29.2 Å². The SMILES string of the molecule is c1ccc(P2P(c3ccccc3)[P+](c3ccccc3)(c3ccccc3)P(c3ccccc3)P(c3ccccc3)[P+]2(c2ccccc2)c2ccccc2)cc1. The molecule has 0 saturated carbocycles. The van der Waals surface area contributed by atoms with Gasteiger partial charge in [-0.25, -0.2) is 0 Å². The molecule has 0 amide bonds. The molecule has 0 N–H and O–H groups in total. The molecule has 9 rings (SSSR count). The van der Waals surface area contributed by atoms with Gasteiger partial charge in [0.25, 0.3) is 0 Å². The van der Waals surface area contributed by atoms with Crippen molar-refractivity contribution in [1.29, 1.82) is 0 Å². The second-order valence-electron chi connectivity index (χ2n) is 13.0. The summed E-state index contributed by atoms with van der Waals surface area (Å²) < 4.78 is 0. The Morgan fingerprint density at radius 2 is 0.333 bits per heavy atom. The van der Waals surface area contributed by atoms with Gasteiger partial charge in [-0.1, -0.05) is 194 Å². The Morgan fingerprint density at radius 1 is 0.185 bits per heavy atom. The Hall–Kier alpha value is -3.66. The van der Waals surface area contributed by atoms with E-state index in [9.17, 15) is 0 Å². The molecule has 0 spiro atoms. The Bertz CT molecular complexity index is 2040. The Balaban J connectivity index is 1.59. The third-order valence-electron chi connectivity index (χ3n) is 9.87. The Kier molecular flexibility index (Phi) is 10.8. The van der Waals surface area contributed by atoms with E-state index in [1.54, 1.807) is 21.2 Å². The molecule has 0 radical (unpaired) electrons. The van der Waals surface area contributed by atoms with Crippen LogP contribution in [0.5, 0.6) is 0 Å². The first-order valence-corrected chi connectivity index (χ1v) is 31.5. The average Bonchev–Trinajstić information content (AvgIpc) is 3.27. The molecular formula is C48H40P6+2. The Labute approximate surface area is 325 Å². The molecule has 1 heterocycles. The summed E-state index contributed by atoms with van der Waals surface area (Å²) in [5, 5.41) is 12.3. The maximum Gasteiger partial charge on any atom is 0.171 e. The van der Waals surface area contributed by atoms with Gasteiger partial charge in [0, 0.05) is 21.2 Å². The molecule has 0 nitrogen and oxygen atoms in total. The van der Waals surface area contributed by atoms with Crippen molar-refractivity contribution in [3.05, 3.63) is 243 Å². The molecule has 6 heteroatoms. The lowest BCUT2D eigenvalue weighted by Crippen LogP contribution is -2.33. The van der Waals surface area contributed by atoms with E-state index in [4.69, 9.17) is 0 Å². The van der Waals surface area contributed by atoms with Crippen molar-refractivity contribution < 1.29 is 0 Å². The molecule has 1 fully saturated rings. The summed E-state index contributed by atoms with van der Waals surface area (Å²) in [4.78, 5) is 0. The lowest BCUT2D eigenvalue weighted by molar-refractivity contribution is 1.75. The van der Waals surface area contributed by atoms with Gasteiger partial charge in [-0.3, -0.25) is 0 Å². The number of rotatable bonds is 8. The second kappa shape index (κ2) is 16.2. The molecule has 1 aliphatic rings. The topological polar surface area (TPSA) is 0 Å². The van der Waals surface area contributed by atoms with Gasteiger partial charge >= 0.3 is 0 Å². The molecule has 0 aromatic heterocycles. The highest BCUT2D eigenvalue weighted by Crippen LogP contribution is 3.28. The zero-order chi connectivity index (χ0) is 36.2. The molecule has 1 aliphatic heterocycles. The van der Waals surface area contributed by atoms with Gasteiger partial charge in [-0.15, -0.1) is 0 Å². The maximum atomic E-state index is 2.52.